The van der Waals surface area contributed by atoms with Crippen LogP contribution >= 0.6 is 11.8 Å². The fourth-order valence-electron chi connectivity index (χ4n) is 1.89. The van der Waals surface area contributed by atoms with Gasteiger partial charge in [-0.3, -0.25) is 25.0 Å². The first-order valence-corrected chi connectivity index (χ1v) is 7.50. The van der Waals surface area contributed by atoms with E-state index in [0.29, 0.717) is 18.3 Å². The summed E-state index contributed by atoms with van der Waals surface area (Å²) in [6.07, 6.45) is 1.90. The van der Waals surface area contributed by atoms with Crippen molar-refractivity contribution < 1.29 is 14.3 Å². The van der Waals surface area contributed by atoms with E-state index in [4.69, 9.17) is 4.74 Å². The molecular formula is C11H17N5O4S. The number of hydrazine groups is 1. The third kappa shape index (κ3) is 4.60. The highest BCUT2D eigenvalue weighted by molar-refractivity contribution is 7.99. The van der Waals surface area contributed by atoms with Crippen molar-refractivity contribution in [3.8, 4) is 0 Å². The second kappa shape index (κ2) is 7.27. The Bertz CT molecular complexity index is 563. The highest BCUT2D eigenvalue weighted by Crippen LogP contribution is 2.17. The quantitative estimate of drug-likeness (QED) is 0.474. The summed E-state index contributed by atoms with van der Waals surface area (Å²) in [6, 6.07) is 0. The number of ether oxygens (including phenoxy) is 1. The summed E-state index contributed by atoms with van der Waals surface area (Å²) in [5.41, 5.74) is 4.11. The zero-order valence-corrected chi connectivity index (χ0v) is 12.4. The molecule has 2 rings (SSSR count). The molecule has 1 fully saturated rings. The Morgan fingerprint density at radius 3 is 3.00 bits per heavy atom. The van der Waals surface area contributed by atoms with Crippen molar-refractivity contribution in [2.75, 3.05) is 12.4 Å². The van der Waals surface area contributed by atoms with Gasteiger partial charge in [-0.2, -0.15) is 0 Å². The van der Waals surface area contributed by atoms with E-state index in [0.717, 1.165) is 24.6 Å². The first kappa shape index (κ1) is 15.6. The zero-order chi connectivity index (χ0) is 15.2. The van der Waals surface area contributed by atoms with Crippen LogP contribution in [0.1, 0.15) is 19.8 Å². The summed E-state index contributed by atoms with van der Waals surface area (Å²) in [5, 5.41) is 6.68. The van der Waals surface area contributed by atoms with Gasteiger partial charge in [-0.1, -0.05) is 11.8 Å². The number of nitrogens with zero attached hydrogens (tertiary/aromatic N) is 2. The molecule has 1 aromatic heterocycles. The van der Waals surface area contributed by atoms with Gasteiger partial charge in [0.2, 0.25) is 11.8 Å². The van der Waals surface area contributed by atoms with Crippen molar-refractivity contribution in [2.45, 2.75) is 37.6 Å². The minimum Gasteiger partial charge on any atom is -0.376 e. The predicted octanol–water partition coefficient (Wildman–Crippen LogP) is -0.990. The number of hydrogen-bond donors (Lipinski definition) is 3. The molecule has 1 aromatic rings. The third-order valence-corrected chi connectivity index (χ3v) is 3.82. The Hall–Kier alpha value is -1.81. The first-order valence-electron chi connectivity index (χ1n) is 6.51. The van der Waals surface area contributed by atoms with Crippen LogP contribution in [-0.2, 0) is 20.9 Å². The van der Waals surface area contributed by atoms with Crippen LogP contribution in [0.4, 0.5) is 0 Å². The SMILES string of the molecule is CC(=O)NNC(=O)CSc1n[nH]c(=O)n1C[C@H]1CCCO1. The second-order valence-electron chi connectivity index (χ2n) is 4.58. The molecule has 21 heavy (non-hydrogen) atoms. The van der Waals surface area contributed by atoms with Crippen LogP contribution in [0.15, 0.2) is 9.95 Å². The smallest absolute Gasteiger partial charge is 0.344 e. The van der Waals surface area contributed by atoms with Crippen molar-refractivity contribution in [3.63, 3.8) is 0 Å². The van der Waals surface area contributed by atoms with E-state index in [1.165, 1.54) is 11.5 Å². The number of carbonyl (C=O) groups is 2. The van der Waals surface area contributed by atoms with E-state index in [9.17, 15) is 14.4 Å². The van der Waals surface area contributed by atoms with E-state index in [1.807, 2.05) is 0 Å². The van der Waals surface area contributed by atoms with Gasteiger partial charge >= 0.3 is 5.69 Å². The molecule has 2 amide bonds. The molecule has 2 heterocycles. The van der Waals surface area contributed by atoms with Gasteiger partial charge in [-0.15, -0.1) is 5.10 Å². The molecular weight excluding hydrogens is 298 g/mol. The number of thioether (sulfide) groups is 1. The van der Waals surface area contributed by atoms with Gasteiger partial charge in [-0.05, 0) is 12.8 Å². The maximum absolute atomic E-state index is 11.7. The average Bonchev–Trinajstić information content (AvgIpc) is 3.06. The molecule has 0 aliphatic carbocycles. The van der Waals surface area contributed by atoms with Crippen LogP contribution in [0, 0.1) is 0 Å². The van der Waals surface area contributed by atoms with Crippen LogP contribution in [0.2, 0.25) is 0 Å². The molecule has 116 valence electrons. The highest BCUT2D eigenvalue weighted by Gasteiger charge is 2.20. The van der Waals surface area contributed by atoms with Crippen molar-refractivity contribution in [3.05, 3.63) is 10.5 Å². The van der Waals surface area contributed by atoms with Crippen LogP contribution in [0.3, 0.4) is 0 Å². The molecule has 0 saturated carbocycles. The van der Waals surface area contributed by atoms with Crippen LogP contribution in [0.5, 0.6) is 0 Å². The van der Waals surface area contributed by atoms with E-state index >= 15 is 0 Å². The minimum absolute atomic E-state index is 0.00727. The van der Waals surface area contributed by atoms with Gasteiger partial charge in [0.25, 0.3) is 0 Å². The van der Waals surface area contributed by atoms with Crippen molar-refractivity contribution in [1.82, 2.24) is 25.6 Å². The lowest BCUT2D eigenvalue weighted by atomic mass is 10.2. The molecule has 1 saturated heterocycles. The number of hydrogen-bond acceptors (Lipinski definition) is 6. The maximum atomic E-state index is 11.7. The fourth-order valence-corrected chi connectivity index (χ4v) is 2.65. The Morgan fingerprint density at radius 1 is 1.52 bits per heavy atom. The lowest BCUT2D eigenvalue weighted by molar-refractivity contribution is -0.126. The summed E-state index contributed by atoms with van der Waals surface area (Å²) in [7, 11) is 0. The molecule has 3 N–H and O–H groups in total. The first-order chi connectivity index (χ1) is 10.1. The summed E-state index contributed by atoms with van der Waals surface area (Å²) < 4.78 is 6.95. The number of carbonyl (C=O) groups excluding carboxylic acids is 2. The fraction of sp³-hybridized carbons (Fsp3) is 0.636. The molecule has 9 nitrogen and oxygen atoms in total. The second-order valence-corrected chi connectivity index (χ2v) is 5.52. The summed E-state index contributed by atoms with van der Waals surface area (Å²) >= 11 is 1.11. The molecule has 0 radical (unpaired) electrons. The average molecular weight is 315 g/mol. The molecule has 1 aliphatic rings. The molecule has 10 heteroatoms. The molecule has 1 aliphatic heterocycles. The van der Waals surface area contributed by atoms with Crippen LogP contribution in [0.25, 0.3) is 0 Å². The molecule has 0 aromatic carbocycles. The Balaban J connectivity index is 1.89. The number of nitrogens with one attached hydrogen (secondary N) is 3. The van der Waals surface area contributed by atoms with E-state index in [2.05, 4.69) is 21.0 Å². The molecule has 0 spiro atoms. The Kier molecular flexibility index (Phi) is 5.39. The van der Waals surface area contributed by atoms with Crippen LogP contribution < -0.4 is 16.5 Å². The lowest BCUT2D eigenvalue weighted by Gasteiger charge is -2.11. The van der Waals surface area contributed by atoms with Gasteiger partial charge in [0.1, 0.15) is 0 Å². The van der Waals surface area contributed by atoms with Crippen molar-refractivity contribution >= 4 is 23.6 Å². The van der Waals surface area contributed by atoms with Crippen molar-refractivity contribution in [2.24, 2.45) is 0 Å². The summed E-state index contributed by atoms with van der Waals surface area (Å²) in [6.45, 7) is 2.42. The Labute approximate surface area is 124 Å². The summed E-state index contributed by atoms with van der Waals surface area (Å²) in [5.74, 6) is -0.700. The Morgan fingerprint density at radius 2 is 2.33 bits per heavy atom. The largest absolute Gasteiger partial charge is 0.376 e. The standard InChI is InChI=1S/C11H17N5O4S/c1-7(17)12-13-9(18)6-21-11-15-14-10(19)16(11)5-8-3-2-4-20-8/h8H,2-6H2,1H3,(H,12,17)(H,13,18)(H,14,19)/t8-/m1/s1. The highest BCUT2D eigenvalue weighted by atomic mass is 32.2. The van der Waals surface area contributed by atoms with Crippen molar-refractivity contribution in [1.29, 1.82) is 0 Å². The third-order valence-electron chi connectivity index (χ3n) is 2.84. The summed E-state index contributed by atoms with van der Waals surface area (Å²) in [4.78, 5) is 33.9. The van der Waals surface area contributed by atoms with Gasteiger partial charge in [0, 0.05) is 13.5 Å². The number of H-pyrrole nitrogens is 1. The number of rotatable bonds is 5. The number of aromatic amines is 1. The van der Waals surface area contributed by atoms with Gasteiger partial charge in [-0.25, -0.2) is 9.89 Å². The normalized spacial score (nSPS) is 17.7. The lowest BCUT2D eigenvalue weighted by Crippen LogP contribution is -2.41. The maximum Gasteiger partial charge on any atom is 0.344 e. The zero-order valence-electron chi connectivity index (χ0n) is 11.5. The van der Waals surface area contributed by atoms with Gasteiger partial charge < -0.3 is 4.74 Å². The predicted molar refractivity (Wildman–Crippen MR) is 74.5 cm³/mol. The van der Waals surface area contributed by atoms with Crippen LogP contribution in [-0.4, -0.2) is 45.0 Å². The molecule has 0 bridgehead atoms. The van der Waals surface area contributed by atoms with Gasteiger partial charge in [0.05, 0.1) is 18.4 Å². The number of amides is 2. The monoisotopic (exact) mass is 315 g/mol. The van der Waals surface area contributed by atoms with Gasteiger partial charge in [0.15, 0.2) is 5.16 Å². The van der Waals surface area contributed by atoms with E-state index in [1.54, 1.807) is 0 Å². The number of aromatic nitrogens is 3. The van der Waals surface area contributed by atoms with E-state index < -0.39 is 0 Å². The minimum atomic E-state index is -0.380. The molecule has 0 unspecified atom stereocenters. The van der Waals surface area contributed by atoms with E-state index in [-0.39, 0.29) is 29.4 Å². The molecule has 1 atom stereocenters. The topological polar surface area (TPSA) is 118 Å².